The first-order valence-corrected chi connectivity index (χ1v) is 6.38. The predicted molar refractivity (Wildman–Crippen MR) is 68.2 cm³/mol. The molecule has 0 fully saturated rings. The molecule has 1 aromatic carbocycles. The summed E-state index contributed by atoms with van der Waals surface area (Å²) in [6, 6.07) is 4.68. The fraction of sp³-hybridized carbons (Fsp3) is 0.231. The highest BCUT2D eigenvalue weighted by Gasteiger charge is 2.13. The minimum absolute atomic E-state index is 0.263. The molecule has 0 saturated carbocycles. The monoisotopic (exact) mass is 265 g/mol. The van der Waals surface area contributed by atoms with Crippen LogP contribution in [0.2, 0.25) is 0 Å². The number of rotatable bonds is 3. The van der Waals surface area contributed by atoms with Crippen LogP contribution >= 0.6 is 11.3 Å². The Morgan fingerprint density at radius 1 is 1.44 bits per heavy atom. The lowest BCUT2D eigenvalue weighted by atomic mass is 10.1. The molecule has 2 rings (SSSR count). The fourth-order valence-electron chi connectivity index (χ4n) is 1.56. The van der Waals surface area contributed by atoms with Crippen LogP contribution in [0.4, 0.5) is 4.39 Å². The zero-order valence-corrected chi connectivity index (χ0v) is 10.9. The second kappa shape index (κ2) is 5.27. The lowest BCUT2D eigenvalue weighted by Crippen LogP contribution is -2.04. The van der Waals surface area contributed by atoms with E-state index in [0.717, 1.165) is 5.56 Å². The number of aryl methyl sites for hydroxylation is 1. The van der Waals surface area contributed by atoms with E-state index in [9.17, 15) is 9.18 Å². The number of hydrogen-bond donors (Lipinski definition) is 0. The van der Waals surface area contributed by atoms with Gasteiger partial charge in [-0.25, -0.2) is 14.2 Å². The molecule has 0 saturated heterocycles. The maximum Gasteiger partial charge on any atom is 0.357 e. The molecule has 0 unspecified atom stereocenters. The quantitative estimate of drug-likeness (QED) is 0.798. The number of halogens is 1. The first-order valence-electron chi connectivity index (χ1n) is 5.50. The minimum atomic E-state index is -0.451. The van der Waals surface area contributed by atoms with Gasteiger partial charge in [0.15, 0.2) is 5.69 Å². The van der Waals surface area contributed by atoms with Crippen LogP contribution in [0.25, 0.3) is 10.6 Å². The highest BCUT2D eigenvalue weighted by atomic mass is 32.1. The lowest BCUT2D eigenvalue weighted by Gasteiger charge is -1.99. The Labute approximate surface area is 108 Å². The van der Waals surface area contributed by atoms with Gasteiger partial charge in [-0.3, -0.25) is 0 Å². The van der Waals surface area contributed by atoms with Gasteiger partial charge in [-0.05, 0) is 37.6 Å². The molecule has 0 amide bonds. The van der Waals surface area contributed by atoms with E-state index < -0.39 is 5.97 Å². The molecular formula is C13H12FNO2S. The standard InChI is InChI=1S/C13H12FNO2S/c1-3-17-13(16)11-7-18-12(15-11)9-4-8(2)5-10(14)6-9/h4-7H,3H2,1-2H3. The van der Waals surface area contributed by atoms with E-state index in [1.807, 2.05) is 13.0 Å². The lowest BCUT2D eigenvalue weighted by molar-refractivity contribution is 0.0520. The summed E-state index contributed by atoms with van der Waals surface area (Å²) >= 11 is 1.30. The topological polar surface area (TPSA) is 39.2 Å². The van der Waals surface area contributed by atoms with Crippen LogP contribution in [0.5, 0.6) is 0 Å². The number of hydrogen-bond acceptors (Lipinski definition) is 4. The summed E-state index contributed by atoms with van der Waals surface area (Å²) in [5.74, 6) is -0.758. The van der Waals surface area contributed by atoms with Gasteiger partial charge in [-0.15, -0.1) is 11.3 Å². The molecule has 1 aromatic heterocycles. The maximum atomic E-state index is 13.3. The van der Waals surface area contributed by atoms with E-state index in [4.69, 9.17) is 4.74 Å². The highest BCUT2D eigenvalue weighted by molar-refractivity contribution is 7.13. The van der Waals surface area contributed by atoms with Crippen molar-refractivity contribution in [2.75, 3.05) is 6.61 Å². The number of thiazole rings is 1. The van der Waals surface area contributed by atoms with Crippen LogP contribution in [0.1, 0.15) is 23.0 Å². The molecule has 0 bridgehead atoms. The van der Waals surface area contributed by atoms with Crippen molar-refractivity contribution >= 4 is 17.3 Å². The van der Waals surface area contributed by atoms with Gasteiger partial charge in [0, 0.05) is 10.9 Å². The Hall–Kier alpha value is -1.75. The minimum Gasteiger partial charge on any atom is -0.461 e. The van der Waals surface area contributed by atoms with Crippen LogP contribution in [-0.2, 0) is 4.74 Å². The average Bonchev–Trinajstić information content (AvgIpc) is 2.77. The molecule has 3 nitrogen and oxygen atoms in total. The molecule has 18 heavy (non-hydrogen) atoms. The zero-order chi connectivity index (χ0) is 13.1. The Kier molecular flexibility index (Phi) is 3.72. The molecule has 0 aliphatic rings. The first kappa shape index (κ1) is 12.7. The molecular weight excluding hydrogens is 253 g/mol. The molecule has 0 aliphatic heterocycles. The van der Waals surface area contributed by atoms with Crippen LogP contribution in [0.15, 0.2) is 23.6 Å². The number of nitrogens with zero attached hydrogens (tertiary/aromatic N) is 1. The van der Waals surface area contributed by atoms with E-state index >= 15 is 0 Å². The number of aromatic nitrogens is 1. The van der Waals surface area contributed by atoms with Gasteiger partial charge in [0.2, 0.25) is 0 Å². The molecule has 0 radical (unpaired) electrons. The summed E-state index contributed by atoms with van der Waals surface area (Å²) in [4.78, 5) is 15.6. The molecule has 94 valence electrons. The fourth-order valence-corrected chi connectivity index (χ4v) is 2.34. The summed E-state index contributed by atoms with van der Waals surface area (Å²) in [5, 5.41) is 2.23. The first-order chi connectivity index (χ1) is 8.60. The number of benzene rings is 1. The van der Waals surface area contributed by atoms with Crippen molar-refractivity contribution < 1.29 is 13.9 Å². The normalized spacial score (nSPS) is 10.4. The van der Waals surface area contributed by atoms with E-state index in [1.54, 1.807) is 12.3 Å². The van der Waals surface area contributed by atoms with Crippen molar-refractivity contribution in [1.29, 1.82) is 0 Å². The third-order valence-corrected chi connectivity index (χ3v) is 3.17. The molecule has 0 atom stereocenters. The van der Waals surface area contributed by atoms with Gasteiger partial charge < -0.3 is 4.74 Å². The van der Waals surface area contributed by atoms with E-state index in [2.05, 4.69) is 4.98 Å². The molecule has 1 heterocycles. The second-order valence-electron chi connectivity index (χ2n) is 3.78. The molecule has 5 heteroatoms. The van der Waals surface area contributed by atoms with Gasteiger partial charge in [0.25, 0.3) is 0 Å². The second-order valence-corrected chi connectivity index (χ2v) is 4.63. The third kappa shape index (κ3) is 2.73. The van der Waals surface area contributed by atoms with Crippen LogP contribution in [0, 0.1) is 12.7 Å². The highest BCUT2D eigenvalue weighted by Crippen LogP contribution is 2.25. The Bertz CT molecular complexity index is 560. The molecule has 0 N–H and O–H groups in total. The number of ether oxygens (including phenoxy) is 1. The Morgan fingerprint density at radius 2 is 2.22 bits per heavy atom. The Morgan fingerprint density at radius 3 is 2.89 bits per heavy atom. The summed E-state index contributed by atoms with van der Waals surface area (Å²) in [7, 11) is 0. The number of carbonyl (C=O) groups excluding carboxylic acids is 1. The zero-order valence-electron chi connectivity index (χ0n) is 10.1. The van der Waals surface area contributed by atoms with Gasteiger partial charge in [-0.1, -0.05) is 0 Å². The van der Waals surface area contributed by atoms with Gasteiger partial charge in [0.1, 0.15) is 10.8 Å². The summed E-state index contributed by atoms with van der Waals surface area (Å²) in [6.07, 6.45) is 0. The van der Waals surface area contributed by atoms with Crippen LogP contribution in [0.3, 0.4) is 0 Å². The van der Waals surface area contributed by atoms with Gasteiger partial charge in [-0.2, -0.15) is 0 Å². The molecule has 0 spiro atoms. The van der Waals surface area contributed by atoms with Crippen LogP contribution in [-0.4, -0.2) is 17.6 Å². The van der Waals surface area contributed by atoms with Crippen molar-refractivity contribution in [2.45, 2.75) is 13.8 Å². The van der Waals surface area contributed by atoms with Crippen molar-refractivity contribution in [1.82, 2.24) is 4.98 Å². The largest absolute Gasteiger partial charge is 0.461 e. The van der Waals surface area contributed by atoms with Crippen LogP contribution < -0.4 is 0 Å². The van der Waals surface area contributed by atoms with E-state index in [1.165, 1.54) is 23.5 Å². The average molecular weight is 265 g/mol. The SMILES string of the molecule is CCOC(=O)c1csc(-c2cc(C)cc(F)c2)n1. The predicted octanol–water partition coefficient (Wildman–Crippen LogP) is 3.43. The van der Waals surface area contributed by atoms with Crippen molar-refractivity contribution in [2.24, 2.45) is 0 Å². The van der Waals surface area contributed by atoms with Gasteiger partial charge >= 0.3 is 5.97 Å². The summed E-state index contributed by atoms with van der Waals surface area (Å²) in [6.45, 7) is 3.86. The van der Waals surface area contributed by atoms with Gasteiger partial charge in [0.05, 0.1) is 6.61 Å². The Balaban J connectivity index is 2.32. The maximum absolute atomic E-state index is 13.3. The third-order valence-electron chi connectivity index (χ3n) is 2.28. The molecule has 0 aliphatic carbocycles. The van der Waals surface area contributed by atoms with Crippen molar-refractivity contribution in [3.63, 3.8) is 0 Å². The summed E-state index contributed by atoms with van der Waals surface area (Å²) in [5.41, 5.74) is 1.75. The smallest absolute Gasteiger partial charge is 0.357 e. The van der Waals surface area contributed by atoms with E-state index in [0.29, 0.717) is 17.2 Å². The van der Waals surface area contributed by atoms with E-state index in [-0.39, 0.29) is 11.5 Å². The molecule has 2 aromatic rings. The summed E-state index contributed by atoms with van der Waals surface area (Å²) < 4.78 is 18.1. The van der Waals surface area contributed by atoms with Crippen molar-refractivity contribution in [3.05, 3.63) is 40.7 Å². The van der Waals surface area contributed by atoms with Crippen molar-refractivity contribution in [3.8, 4) is 10.6 Å². The number of esters is 1. The number of carbonyl (C=O) groups is 1.